The molecule has 0 aliphatic carbocycles. The Balaban J connectivity index is 1.69. The van der Waals surface area contributed by atoms with Gasteiger partial charge in [-0.05, 0) is 57.6 Å². The number of hydrogen-bond acceptors (Lipinski definition) is 6. The number of carbonyl (C=O) groups excluding carboxylic acids is 3. The molecule has 0 spiro atoms. The predicted octanol–water partition coefficient (Wildman–Crippen LogP) is 3.39. The van der Waals surface area contributed by atoms with E-state index in [1.54, 1.807) is 56.1 Å². The minimum Gasteiger partial charge on any atom is -0.493 e. The molecular formula is C26H36N4O5. The van der Waals surface area contributed by atoms with Crippen molar-refractivity contribution in [3.05, 3.63) is 47.7 Å². The number of para-hydroxylation sites is 1. The van der Waals surface area contributed by atoms with Gasteiger partial charge in [-0.25, -0.2) is 4.98 Å². The molecule has 1 aliphatic rings. The highest BCUT2D eigenvalue weighted by atomic mass is 16.5. The molecule has 3 rings (SSSR count). The normalized spacial score (nSPS) is 17.7. The second-order valence-corrected chi connectivity index (χ2v) is 9.08. The molecular weight excluding hydrogens is 448 g/mol. The van der Waals surface area contributed by atoms with Crippen molar-refractivity contribution in [3.63, 3.8) is 0 Å². The van der Waals surface area contributed by atoms with E-state index in [1.165, 1.54) is 11.3 Å². The van der Waals surface area contributed by atoms with Gasteiger partial charge >= 0.3 is 0 Å². The lowest BCUT2D eigenvalue weighted by atomic mass is 10.0. The minimum atomic E-state index is -0.597. The van der Waals surface area contributed by atoms with E-state index in [2.05, 4.69) is 4.98 Å². The highest BCUT2D eigenvalue weighted by Gasteiger charge is 2.31. The number of amides is 3. The third kappa shape index (κ3) is 6.61. The summed E-state index contributed by atoms with van der Waals surface area (Å²) in [5, 5.41) is 0. The molecule has 3 amide bonds. The maximum Gasteiger partial charge on any atom is 0.275 e. The molecule has 0 N–H and O–H groups in total. The Labute approximate surface area is 207 Å². The fraction of sp³-hybridized carbons (Fsp3) is 0.538. The maximum atomic E-state index is 13.4. The van der Waals surface area contributed by atoms with Crippen molar-refractivity contribution < 1.29 is 23.5 Å². The molecule has 0 saturated heterocycles. The lowest BCUT2D eigenvalue weighted by Gasteiger charge is -2.31. The summed E-state index contributed by atoms with van der Waals surface area (Å²) in [4.78, 5) is 48.2. The van der Waals surface area contributed by atoms with Crippen molar-refractivity contribution in [1.29, 1.82) is 0 Å². The van der Waals surface area contributed by atoms with Crippen molar-refractivity contribution in [2.75, 3.05) is 40.8 Å². The number of oxazole rings is 1. The van der Waals surface area contributed by atoms with E-state index >= 15 is 0 Å². The largest absolute Gasteiger partial charge is 0.493 e. The number of rotatable bonds is 6. The van der Waals surface area contributed by atoms with E-state index in [0.717, 1.165) is 19.3 Å². The van der Waals surface area contributed by atoms with Gasteiger partial charge in [0.05, 0.1) is 12.2 Å². The molecule has 1 atom stereocenters. The van der Waals surface area contributed by atoms with E-state index in [-0.39, 0.29) is 17.7 Å². The third-order valence-corrected chi connectivity index (χ3v) is 6.48. The fourth-order valence-corrected chi connectivity index (χ4v) is 4.24. The number of aryl methyl sites for hydroxylation is 1. The molecule has 1 aromatic heterocycles. The van der Waals surface area contributed by atoms with Gasteiger partial charge in [-0.2, -0.15) is 0 Å². The van der Waals surface area contributed by atoms with Crippen molar-refractivity contribution in [2.24, 2.45) is 0 Å². The van der Waals surface area contributed by atoms with Crippen LogP contribution in [-0.2, 0) is 4.79 Å². The van der Waals surface area contributed by atoms with Gasteiger partial charge in [-0.1, -0.05) is 12.1 Å². The van der Waals surface area contributed by atoms with Gasteiger partial charge < -0.3 is 23.9 Å². The van der Waals surface area contributed by atoms with Crippen molar-refractivity contribution in [2.45, 2.75) is 51.5 Å². The topological polar surface area (TPSA) is 96.2 Å². The first-order chi connectivity index (χ1) is 16.8. The second kappa shape index (κ2) is 12.4. The first kappa shape index (κ1) is 26.2. The van der Waals surface area contributed by atoms with E-state index in [9.17, 15) is 14.4 Å². The maximum absolute atomic E-state index is 13.4. The number of benzene rings is 1. The van der Waals surface area contributed by atoms with Gasteiger partial charge in [0, 0.05) is 34.2 Å². The number of aromatic nitrogens is 1. The smallest absolute Gasteiger partial charge is 0.275 e. The van der Waals surface area contributed by atoms with Gasteiger partial charge in [0.25, 0.3) is 11.8 Å². The molecule has 0 fully saturated rings. The Hall–Kier alpha value is -3.36. The van der Waals surface area contributed by atoms with Gasteiger partial charge in [-0.3, -0.25) is 14.4 Å². The van der Waals surface area contributed by atoms with Crippen LogP contribution in [0.4, 0.5) is 0 Å². The minimum absolute atomic E-state index is 0.0684. The van der Waals surface area contributed by atoms with Gasteiger partial charge in [-0.15, -0.1) is 0 Å². The first-order valence-electron chi connectivity index (χ1n) is 12.2. The summed E-state index contributed by atoms with van der Waals surface area (Å²) >= 11 is 0. The standard InChI is InChI=1S/C26H36N4O5/c1-19-23(27-18-35-19)26(33)29(3)16-10-8-13-21-25(32)28(2)15-9-5-11-17-34-22-14-7-6-12-20(22)24(31)30(21)4/h6-7,12,14,18,21H,5,8-11,13,15-17H2,1-4H3/t21-/m0/s1. The third-order valence-electron chi connectivity index (χ3n) is 6.48. The van der Waals surface area contributed by atoms with Crippen LogP contribution in [0.2, 0.25) is 0 Å². The lowest BCUT2D eigenvalue weighted by molar-refractivity contribution is -0.134. The van der Waals surface area contributed by atoms with Crippen LogP contribution in [0.3, 0.4) is 0 Å². The van der Waals surface area contributed by atoms with Gasteiger partial charge in [0.2, 0.25) is 5.91 Å². The second-order valence-electron chi connectivity index (χ2n) is 9.08. The highest BCUT2D eigenvalue weighted by molar-refractivity contribution is 5.99. The fourth-order valence-electron chi connectivity index (χ4n) is 4.24. The van der Waals surface area contributed by atoms with Crippen molar-refractivity contribution >= 4 is 17.7 Å². The van der Waals surface area contributed by atoms with E-state index in [1.807, 2.05) is 6.07 Å². The van der Waals surface area contributed by atoms with Crippen LogP contribution in [0.15, 0.2) is 35.1 Å². The van der Waals surface area contributed by atoms with E-state index < -0.39 is 6.04 Å². The first-order valence-corrected chi connectivity index (χ1v) is 12.2. The number of unbranched alkanes of at least 4 members (excludes halogenated alkanes) is 1. The molecule has 0 saturated carbocycles. The number of nitrogens with zero attached hydrogens (tertiary/aromatic N) is 4. The summed E-state index contributed by atoms with van der Waals surface area (Å²) in [6.45, 7) is 3.39. The van der Waals surface area contributed by atoms with Crippen LogP contribution in [-0.4, -0.2) is 84.3 Å². The van der Waals surface area contributed by atoms with Crippen LogP contribution in [0.5, 0.6) is 5.75 Å². The summed E-state index contributed by atoms with van der Waals surface area (Å²) in [6, 6.07) is 6.59. The molecule has 1 aliphatic heterocycles. The number of fused-ring (bicyclic) bond motifs is 1. The van der Waals surface area contributed by atoms with Crippen LogP contribution in [0.1, 0.15) is 65.1 Å². The Morgan fingerprint density at radius 1 is 1.14 bits per heavy atom. The van der Waals surface area contributed by atoms with Gasteiger partial charge in [0.15, 0.2) is 12.1 Å². The molecule has 0 radical (unpaired) electrons. The SMILES string of the molecule is Cc1ocnc1C(=O)N(C)CCCC[C@H]1C(=O)N(C)CCCCCOc2ccccc2C(=O)N1C. The van der Waals surface area contributed by atoms with Crippen LogP contribution in [0, 0.1) is 6.92 Å². The molecule has 2 aromatic rings. The lowest BCUT2D eigenvalue weighted by Crippen LogP contribution is -2.48. The molecule has 35 heavy (non-hydrogen) atoms. The molecule has 190 valence electrons. The highest BCUT2D eigenvalue weighted by Crippen LogP contribution is 2.23. The van der Waals surface area contributed by atoms with Crippen molar-refractivity contribution in [1.82, 2.24) is 19.7 Å². The summed E-state index contributed by atoms with van der Waals surface area (Å²) in [5.74, 6) is 0.537. The van der Waals surface area contributed by atoms with Crippen molar-refractivity contribution in [3.8, 4) is 5.75 Å². The Morgan fingerprint density at radius 3 is 2.66 bits per heavy atom. The number of carbonyl (C=O) groups is 3. The number of likely N-dealkylation sites (N-methyl/N-ethyl adjacent to an activating group) is 2. The average molecular weight is 485 g/mol. The van der Waals surface area contributed by atoms with Crippen LogP contribution < -0.4 is 4.74 Å². The van der Waals surface area contributed by atoms with Crippen LogP contribution in [0.25, 0.3) is 0 Å². The summed E-state index contributed by atoms with van der Waals surface area (Å²) < 4.78 is 11.0. The molecule has 1 aromatic carbocycles. The Kier molecular flexibility index (Phi) is 9.28. The van der Waals surface area contributed by atoms with E-state index in [0.29, 0.717) is 61.7 Å². The summed E-state index contributed by atoms with van der Waals surface area (Å²) in [7, 11) is 5.20. The monoisotopic (exact) mass is 484 g/mol. The summed E-state index contributed by atoms with van der Waals surface area (Å²) in [5.41, 5.74) is 0.772. The number of hydrogen-bond donors (Lipinski definition) is 0. The number of ether oxygens (including phenoxy) is 1. The van der Waals surface area contributed by atoms with Gasteiger partial charge in [0.1, 0.15) is 17.6 Å². The average Bonchev–Trinajstić information content (AvgIpc) is 3.29. The Bertz CT molecular complexity index is 1020. The van der Waals surface area contributed by atoms with E-state index in [4.69, 9.17) is 9.15 Å². The molecule has 0 bridgehead atoms. The zero-order valence-electron chi connectivity index (χ0n) is 21.2. The quantitative estimate of drug-likeness (QED) is 0.583. The molecule has 0 unspecified atom stereocenters. The molecule has 2 heterocycles. The van der Waals surface area contributed by atoms with Crippen LogP contribution >= 0.6 is 0 Å². The zero-order valence-corrected chi connectivity index (χ0v) is 21.2. The zero-order chi connectivity index (χ0) is 25.4. The molecule has 9 nitrogen and oxygen atoms in total. The summed E-state index contributed by atoms with van der Waals surface area (Å²) in [6.07, 6.45) is 5.82. The predicted molar refractivity (Wildman–Crippen MR) is 131 cm³/mol. The molecule has 9 heteroatoms. The Morgan fingerprint density at radius 2 is 1.91 bits per heavy atom.